The van der Waals surface area contributed by atoms with Crippen molar-refractivity contribution in [2.45, 2.75) is 26.0 Å². The molecule has 310 valence electrons. The van der Waals surface area contributed by atoms with Crippen molar-refractivity contribution < 1.29 is 36.9 Å². The summed E-state index contributed by atoms with van der Waals surface area (Å²) in [7, 11) is 0. The second-order valence-electron chi connectivity index (χ2n) is 14.0. The summed E-state index contributed by atoms with van der Waals surface area (Å²) in [5.41, 5.74) is 3.41. The number of hydrogen-bond acceptors (Lipinski definition) is 11. The fourth-order valence-corrected chi connectivity index (χ4v) is 6.57. The summed E-state index contributed by atoms with van der Waals surface area (Å²) in [4.78, 5) is 25.9. The molecule has 0 unspecified atom stereocenters. The number of hydrogen-bond donors (Lipinski definition) is 0. The van der Waals surface area contributed by atoms with Crippen LogP contribution in [0.5, 0.6) is 17.2 Å². The number of nitrogens with zero attached hydrogens (tertiary/aromatic N) is 3. The van der Waals surface area contributed by atoms with Crippen molar-refractivity contribution in [2.75, 3.05) is 39.6 Å². The lowest BCUT2D eigenvalue weighted by Crippen LogP contribution is -2.13. The van der Waals surface area contributed by atoms with Gasteiger partial charge in [-0.1, -0.05) is 47.7 Å². The van der Waals surface area contributed by atoms with E-state index in [-0.39, 0.29) is 28.8 Å². The molecular weight excluding hydrogens is 782 g/mol. The van der Waals surface area contributed by atoms with E-state index in [0.29, 0.717) is 103 Å². The average molecular weight is 824 g/mol. The molecule has 12 nitrogen and oxygen atoms in total. The van der Waals surface area contributed by atoms with Gasteiger partial charge in [0.2, 0.25) is 11.2 Å². The van der Waals surface area contributed by atoms with E-state index in [1.807, 2.05) is 66.9 Å². The van der Waals surface area contributed by atoms with Crippen LogP contribution in [0.1, 0.15) is 17.7 Å². The second-order valence-corrected chi connectivity index (χ2v) is 14.0. The molecule has 0 bridgehead atoms. The van der Waals surface area contributed by atoms with Crippen molar-refractivity contribution in [1.82, 2.24) is 15.0 Å². The van der Waals surface area contributed by atoms with Crippen molar-refractivity contribution in [3.8, 4) is 39.9 Å². The van der Waals surface area contributed by atoms with Crippen LogP contribution in [-0.4, -0.2) is 54.6 Å². The third-order valence-electron chi connectivity index (χ3n) is 9.69. The molecule has 8 aromatic rings. The summed E-state index contributed by atoms with van der Waals surface area (Å²) in [6.45, 7) is 3.32. The van der Waals surface area contributed by atoms with E-state index < -0.39 is 5.82 Å². The number of halogens is 1. The molecule has 8 rings (SSSR count). The van der Waals surface area contributed by atoms with Gasteiger partial charge >= 0.3 is 0 Å². The minimum Gasteiger partial charge on any atom is -0.494 e. The van der Waals surface area contributed by atoms with Gasteiger partial charge in [0, 0.05) is 29.5 Å². The van der Waals surface area contributed by atoms with E-state index >= 15 is 0 Å². The molecule has 5 aromatic carbocycles. The molecule has 0 amide bonds. The molecule has 3 aromatic heterocycles. The van der Waals surface area contributed by atoms with E-state index in [0.717, 1.165) is 17.7 Å². The Balaban J connectivity index is 0.702. The highest BCUT2D eigenvalue weighted by atomic mass is 19.1. The molecule has 0 fully saturated rings. The number of ether oxygens (including phenoxy) is 5. The van der Waals surface area contributed by atoms with Gasteiger partial charge in [-0.15, -0.1) is 5.10 Å². The summed E-state index contributed by atoms with van der Waals surface area (Å²) < 4.78 is 56.6. The standard InChI is InChI=1S/C48H42FN3O9/c49-36-16-21-40-42(53)30-44(60-45(40)29-36)34-12-17-38(18-13-34)57-23-6-9-37-31-52(51-50-37)22-24-55-25-26-56-27-28-58-39-19-14-35(15-20-39)47-48(59-32-33-7-2-1-3-8-33)46(54)41-10-4-5-11-43(41)61-47/h1-5,7-8,10-21,29-31H,6,9,22-28,32H2. The lowest BCUT2D eigenvalue weighted by atomic mass is 10.1. The fraction of sp³-hybridized carbons (Fsp3) is 0.208. The predicted molar refractivity (Wildman–Crippen MR) is 228 cm³/mol. The zero-order chi connectivity index (χ0) is 41.8. The molecule has 0 atom stereocenters. The van der Waals surface area contributed by atoms with Crippen LogP contribution in [0.15, 0.2) is 152 Å². The second kappa shape index (κ2) is 19.8. The normalized spacial score (nSPS) is 11.3. The first-order valence-corrected chi connectivity index (χ1v) is 19.9. The van der Waals surface area contributed by atoms with E-state index in [4.69, 9.17) is 32.5 Å². The zero-order valence-corrected chi connectivity index (χ0v) is 33.2. The summed E-state index contributed by atoms with van der Waals surface area (Å²) >= 11 is 0. The maximum absolute atomic E-state index is 13.7. The Labute approximate surface area is 349 Å². The molecule has 0 aliphatic heterocycles. The van der Waals surface area contributed by atoms with Gasteiger partial charge in [0.15, 0.2) is 11.2 Å². The van der Waals surface area contributed by atoms with Gasteiger partial charge < -0.3 is 32.5 Å². The third-order valence-corrected chi connectivity index (χ3v) is 9.69. The maximum atomic E-state index is 13.7. The van der Waals surface area contributed by atoms with Gasteiger partial charge in [-0.25, -0.2) is 9.07 Å². The monoisotopic (exact) mass is 823 g/mol. The van der Waals surface area contributed by atoms with Gasteiger partial charge in [-0.3, -0.25) is 9.59 Å². The van der Waals surface area contributed by atoms with Crippen LogP contribution in [0.3, 0.4) is 0 Å². The summed E-state index contributed by atoms with van der Waals surface area (Å²) in [5.74, 6) is 1.75. The minimum absolute atomic E-state index is 0.164. The van der Waals surface area contributed by atoms with E-state index in [1.54, 1.807) is 47.1 Å². The van der Waals surface area contributed by atoms with Crippen LogP contribution >= 0.6 is 0 Å². The predicted octanol–water partition coefficient (Wildman–Crippen LogP) is 8.67. The summed E-state index contributed by atoms with van der Waals surface area (Å²) in [5, 5.41) is 9.23. The minimum atomic E-state index is -0.467. The number of para-hydroxylation sites is 1. The van der Waals surface area contributed by atoms with Crippen LogP contribution in [0.2, 0.25) is 0 Å². The number of aryl methyl sites for hydroxylation is 1. The Kier molecular flexibility index (Phi) is 13.2. The Morgan fingerprint density at radius 2 is 1.33 bits per heavy atom. The Morgan fingerprint density at radius 3 is 2.13 bits per heavy atom. The molecule has 0 aliphatic rings. The smallest absolute Gasteiger partial charge is 0.235 e. The molecule has 0 saturated heterocycles. The van der Waals surface area contributed by atoms with Crippen molar-refractivity contribution in [3.63, 3.8) is 0 Å². The van der Waals surface area contributed by atoms with E-state index in [1.165, 1.54) is 24.3 Å². The Hall–Kier alpha value is -7.09. The maximum Gasteiger partial charge on any atom is 0.235 e. The van der Waals surface area contributed by atoms with Gasteiger partial charge in [0.05, 0.1) is 56.0 Å². The molecule has 0 aliphatic carbocycles. The lowest BCUT2D eigenvalue weighted by Gasteiger charge is -2.12. The molecule has 3 heterocycles. The van der Waals surface area contributed by atoms with Crippen molar-refractivity contribution in [1.29, 1.82) is 0 Å². The topological polar surface area (TPSA) is 137 Å². The molecule has 13 heteroatoms. The van der Waals surface area contributed by atoms with Crippen LogP contribution < -0.4 is 25.1 Å². The molecule has 0 saturated carbocycles. The van der Waals surface area contributed by atoms with Crippen LogP contribution in [0, 0.1) is 5.82 Å². The van der Waals surface area contributed by atoms with Gasteiger partial charge in [0.25, 0.3) is 0 Å². The summed E-state index contributed by atoms with van der Waals surface area (Å²) in [6, 6.07) is 36.6. The highest BCUT2D eigenvalue weighted by molar-refractivity contribution is 5.82. The van der Waals surface area contributed by atoms with E-state index in [9.17, 15) is 14.0 Å². The van der Waals surface area contributed by atoms with Crippen molar-refractivity contribution >= 4 is 21.9 Å². The molecule has 0 radical (unpaired) electrons. The highest BCUT2D eigenvalue weighted by Crippen LogP contribution is 2.32. The first kappa shape index (κ1) is 40.7. The SMILES string of the molecule is O=c1cc(-c2ccc(OCCCc3cn(CCOCCOCCOc4ccc(-c5oc6ccccc6c(=O)c5OCc5ccccc5)cc4)nn3)cc2)oc2cc(F)ccc12. The molecular formula is C48H42FN3O9. The molecule has 0 spiro atoms. The van der Waals surface area contributed by atoms with Crippen LogP contribution in [0.4, 0.5) is 4.39 Å². The van der Waals surface area contributed by atoms with Gasteiger partial charge in [-0.2, -0.15) is 0 Å². The number of fused-ring (bicyclic) bond motifs is 2. The largest absolute Gasteiger partial charge is 0.494 e. The van der Waals surface area contributed by atoms with Gasteiger partial charge in [0.1, 0.15) is 47.5 Å². The quantitative estimate of drug-likeness (QED) is 0.0683. The van der Waals surface area contributed by atoms with Gasteiger partial charge in [-0.05, 0) is 91.2 Å². The number of rotatable bonds is 20. The van der Waals surface area contributed by atoms with Crippen molar-refractivity contribution in [3.05, 3.63) is 171 Å². The first-order chi connectivity index (χ1) is 30.0. The third kappa shape index (κ3) is 10.6. The lowest BCUT2D eigenvalue weighted by molar-refractivity contribution is 0.0333. The number of benzene rings is 5. The Bertz CT molecular complexity index is 2800. The Morgan fingerprint density at radius 1 is 0.623 bits per heavy atom. The summed E-state index contributed by atoms with van der Waals surface area (Å²) in [6.07, 6.45) is 3.34. The van der Waals surface area contributed by atoms with E-state index in [2.05, 4.69) is 10.3 Å². The fourth-order valence-electron chi connectivity index (χ4n) is 6.57. The van der Waals surface area contributed by atoms with Crippen molar-refractivity contribution in [2.24, 2.45) is 0 Å². The number of aromatic nitrogens is 3. The highest BCUT2D eigenvalue weighted by Gasteiger charge is 2.18. The zero-order valence-electron chi connectivity index (χ0n) is 33.2. The molecule has 61 heavy (non-hydrogen) atoms. The van der Waals surface area contributed by atoms with Crippen LogP contribution in [0.25, 0.3) is 44.6 Å². The molecule has 0 N–H and O–H groups in total. The average Bonchev–Trinajstić information content (AvgIpc) is 3.75. The first-order valence-electron chi connectivity index (χ1n) is 19.9. The van der Waals surface area contributed by atoms with Crippen LogP contribution in [-0.2, 0) is 29.0 Å².